The molecule has 1 saturated heterocycles. The number of fused-ring (bicyclic) bond motifs is 1. The van der Waals surface area contributed by atoms with Gasteiger partial charge in [0.1, 0.15) is 11.9 Å². The van der Waals surface area contributed by atoms with Gasteiger partial charge >= 0.3 is 0 Å². The lowest BCUT2D eigenvalue weighted by Gasteiger charge is -2.32. The highest BCUT2D eigenvalue weighted by Crippen LogP contribution is 2.22. The molecule has 0 bridgehead atoms. The van der Waals surface area contributed by atoms with Crippen molar-refractivity contribution in [3.8, 4) is 11.5 Å². The molecule has 3 aromatic rings. The number of carbonyl (C=O) groups excluding carboxylic acids is 1. The van der Waals surface area contributed by atoms with E-state index in [-0.39, 0.29) is 18.9 Å². The van der Waals surface area contributed by atoms with E-state index < -0.39 is 12.2 Å². The summed E-state index contributed by atoms with van der Waals surface area (Å²) in [5, 5.41) is 0.860. The quantitative estimate of drug-likeness (QED) is 0.759. The van der Waals surface area contributed by atoms with Crippen LogP contribution in [0.1, 0.15) is 18.0 Å². The molecule has 140 valence electrons. The van der Waals surface area contributed by atoms with Gasteiger partial charge in [-0.2, -0.15) is 0 Å². The van der Waals surface area contributed by atoms with E-state index in [1.54, 1.807) is 25.4 Å². The van der Waals surface area contributed by atoms with Crippen LogP contribution in [0.4, 0.5) is 4.39 Å². The summed E-state index contributed by atoms with van der Waals surface area (Å²) in [5.74, 6) is 1.00. The normalized spacial score (nSPS) is 20.2. The standard InChI is InChI=1S/C19H20FN5O2/c1-11-22-9-18(27-11)16-3-2-12-8-23-13(6-17(12)24-16)7-19(26)25-5-4-15(21)14(20)10-25/h2-3,6,8-9,14-15H,4-5,7,10,21H2,1H3/t14-,15-/m1/s1. The number of pyridine rings is 2. The van der Waals surface area contributed by atoms with Crippen molar-refractivity contribution in [3.05, 3.63) is 42.2 Å². The van der Waals surface area contributed by atoms with Crippen molar-refractivity contribution in [1.82, 2.24) is 19.9 Å². The third kappa shape index (κ3) is 3.66. The van der Waals surface area contributed by atoms with Crippen LogP contribution in [0.15, 0.2) is 35.0 Å². The smallest absolute Gasteiger partial charge is 0.228 e. The molecule has 1 amide bonds. The minimum atomic E-state index is -1.18. The van der Waals surface area contributed by atoms with Crippen molar-refractivity contribution in [2.75, 3.05) is 13.1 Å². The number of halogens is 1. The number of carbonyl (C=O) groups is 1. The van der Waals surface area contributed by atoms with Crippen LogP contribution in [0.5, 0.6) is 0 Å². The minimum absolute atomic E-state index is 0.0425. The Morgan fingerprint density at radius 3 is 2.96 bits per heavy atom. The van der Waals surface area contributed by atoms with Crippen LogP contribution in [-0.4, -0.2) is 51.1 Å². The Morgan fingerprint density at radius 1 is 1.37 bits per heavy atom. The van der Waals surface area contributed by atoms with Crippen molar-refractivity contribution in [1.29, 1.82) is 0 Å². The second kappa shape index (κ2) is 7.03. The average Bonchev–Trinajstić information content (AvgIpc) is 3.09. The van der Waals surface area contributed by atoms with Crippen LogP contribution >= 0.6 is 0 Å². The van der Waals surface area contributed by atoms with Crippen LogP contribution in [0, 0.1) is 6.92 Å². The van der Waals surface area contributed by atoms with Gasteiger partial charge in [-0.1, -0.05) is 0 Å². The lowest BCUT2D eigenvalue weighted by atomic mass is 10.0. The number of oxazole rings is 1. The number of piperidine rings is 1. The number of rotatable bonds is 3. The topological polar surface area (TPSA) is 98.1 Å². The predicted octanol–water partition coefficient (Wildman–Crippen LogP) is 2.03. The van der Waals surface area contributed by atoms with Crippen molar-refractivity contribution in [2.45, 2.75) is 32.0 Å². The summed E-state index contributed by atoms with van der Waals surface area (Å²) in [6.45, 7) is 2.29. The summed E-state index contributed by atoms with van der Waals surface area (Å²) in [7, 11) is 0. The highest BCUT2D eigenvalue weighted by molar-refractivity contribution is 5.83. The summed E-state index contributed by atoms with van der Waals surface area (Å²) in [4.78, 5) is 27.0. The van der Waals surface area contributed by atoms with Crippen LogP contribution in [0.2, 0.25) is 0 Å². The number of aromatic nitrogens is 3. The van der Waals surface area contributed by atoms with E-state index in [1.807, 2.05) is 12.1 Å². The molecule has 2 N–H and O–H groups in total. The SMILES string of the molecule is Cc1ncc(-c2ccc3cnc(CC(=O)N4CC[C@@H](N)[C@H](F)C4)cc3n2)o1. The van der Waals surface area contributed by atoms with Crippen LogP contribution in [0.25, 0.3) is 22.4 Å². The van der Waals surface area contributed by atoms with Gasteiger partial charge in [-0.15, -0.1) is 0 Å². The monoisotopic (exact) mass is 369 g/mol. The summed E-state index contributed by atoms with van der Waals surface area (Å²) < 4.78 is 19.3. The van der Waals surface area contributed by atoms with Crippen LogP contribution in [0.3, 0.4) is 0 Å². The Morgan fingerprint density at radius 2 is 2.22 bits per heavy atom. The molecule has 0 radical (unpaired) electrons. The fraction of sp³-hybridized carbons (Fsp3) is 0.368. The summed E-state index contributed by atoms with van der Waals surface area (Å²) >= 11 is 0. The van der Waals surface area contributed by atoms with Gasteiger partial charge in [0.25, 0.3) is 0 Å². The zero-order chi connectivity index (χ0) is 19.0. The number of amides is 1. The molecule has 1 aliphatic rings. The van der Waals surface area contributed by atoms with E-state index in [2.05, 4.69) is 15.0 Å². The summed E-state index contributed by atoms with van der Waals surface area (Å²) in [6.07, 6.45) is 2.71. The molecular formula is C19H20FN5O2. The fourth-order valence-corrected chi connectivity index (χ4v) is 3.19. The second-order valence-electron chi connectivity index (χ2n) is 6.79. The number of hydrogen-bond donors (Lipinski definition) is 1. The lowest BCUT2D eigenvalue weighted by Crippen LogP contribution is -2.50. The molecule has 0 aliphatic carbocycles. The third-order valence-electron chi connectivity index (χ3n) is 4.78. The Kier molecular flexibility index (Phi) is 4.57. The van der Waals surface area contributed by atoms with Crippen molar-refractivity contribution in [2.24, 2.45) is 5.73 Å². The van der Waals surface area contributed by atoms with Gasteiger partial charge in [-0.05, 0) is 24.6 Å². The first kappa shape index (κ1) is 17.5. The van der Waals surface area contributed by atoms with Gasteiger partial charge in [0.2, 0.25) is 5.91 Å². The number of nitrogens with zero attached hydrogens (tertiary/aromatic N) is 4. The first-order valence-corrected chi connectivity index (χ1v) is 8.85. The molecule has 4 rings (SSSR count). The molecular weight excluding hydrogens is 349 g/mol. The molecule has 0 saturated carbocycles. The van der Waals surface area contributed by atoms with E-state index in [4.69, 9.17) is 10.2 Å². The van der Waals surface area contributed by atoms with Gasteiger partial charge in [0, 0.05) is 31.1 Å². The molecule has 0 spiro atoms. The molecule has 2 atom stereocenters. The molecule has 1 fully saturated rings. The molecule has 7 nitrogen and oxygen atoms in total. The predicted molar refractivity (Wildman–Crippen MR) is 97.5 cm³/mol. The number of nitrogens with two attached hydrogens (primary N) is 1. The zero-order valence-electron chi connectivity index (χ0n) is 14.9. The molecule has 0 aromatic carbocycles. The van der Waals surface area contributed by atoms with E-state index >= 15 is 0 Å². The van der Waals surface area contributed by atoms with Gasteiger partial charge in [-0.25, -0.2) is 14.4 Å². The van der Waals surface area contributed by atoms with Crippen LogP contribution in [-0.2, 0) is 11.2 Å². The number of hydrogen-bond acceptors (Lipinski definition) is 6. The van der Waals surface area contributed by atoms with Gasteiger partial charge in [-0.3, -0.25) is 9.78 Å². The number of aryl methyl sites for hydroxylation is 1. The van der Waals surface area contributed by atoms with Crippen LogP contribution < -0.4 is 5.73 Å². The second-order valence-corrected chi connectivity index (χ2v) is 6.79. The Bertz CT molecular complexity index is 989. The Hall–Kier alpha value is -2.87. The van der Waals surface area contributed by atoms with E-state index in [0.29, 0.717) is 41.5 Å². The first-order valence-electron chi connectivity index (χ1n) is 8.85. The van der Waals surface area contributed by atoms with Gasteiger partial charge in [0.05, 0.1) is 30.4 Å². The fourth-order valence-electron chi connectivity index (χ4n) is 3.19. The minimum Gasteiger partial charge on any atom is -0.439 e. The molecule has 3 aromatic heterocycles. The third-order valence-corrected chi connectivity index (χ3v) is 4.78. The highest BCUT2D eigenvalue weighted by Gasteiger charge is 2.29. The number of likely N-dealkylation sites (tertiary alicyclic amines) is 1. The lowest BCUT2D eigenvalue weighted by molar-refractivity contribution is -0.132. The molecule has 27 heavy (non-hydrogen) atoms. The molecule has 1 aliphatic heterocycles. The van der Waals surface area contributed by atoms with Gasteiger partial charge < -0.3 is 15.1 Å². The maximum absolute atomic E-state index is 13.8. The Balaban J connectivity index is 1.54. The van der Waals surface area contributed by atoms with Crippen molar-refractivity contribution in [3.63, 3.8) is 0 Å². The maximum atomic E-state index is 13.8. The molecule has 8 heteroatoms. The van der Waals surface area contributed by atoms with Crippen molar-refractivity contribution >= 4 is 16.8 Å². The zero-order valence-corrected chi connectivity index (χ0v) is 14.9. The Labute approximate surface area is 155 Å². The summed E-state index contributed by atoms with van der Waals surface area (Å²) in [5.41, 5.74) is 7.64. The average molecular weight is 369 g/mol. The summed E-state index contributed by atoms with van der Waals surface area (Å²) in [6, 6.07) is 5.03. The van der Waals surface area contributed by atoms with Gasteiger partial charge in [0.15, 0.2) is 11.7 Å². The van der Waals surface area contributed by atoms with Crippen molar-refractivity contribution < 1.29 is 13.6 Å². The number of alkyl halides is 1. The largest absolute Gasteiger partial charge is 0.439 e. The van der Waals surface area contributed by atoms with E-state index in [0.717, 1.165) is 5.39 Å². The highest BCUT2D eigenvalue weighted by atomic mass is 19.1. The van der Waals surface area contributed by atoms with E-state index in [1.165, 1.54) is 4.90 Å². The molecule has 4 heterocycles. The van der Waals surface area contributed by atoms with E-state index in [9.17, 15) is 9.18 Å². The first-order chi connectivity index (χ1) is 13.0. The molecule has 0 unspecified atom stereocenters. The maximum Gasteiger partial charge on any atom is 0.228 e.